The van der Waals surface area contributed by atoms with Crippen molar-refractivity contribution < 1.29 is 14.3 Å². The molecule has 0 N–H and O–H groups in total. The second kappa shape index (κ2) is 14.0. The Kier molecular flexibility index (Phi) is 11.1. The third-order valence-electron chi connectivity index (χ3n) is 6.71. The van der Waals surface area contributed by atoms with Crippen molar-refractivity contribution in [1.29, 1.82) is 0 Å². The van der Waals surface area contributed by atoms with Crippen LogP contribution in [0, 0.1) is 0 Å². The largest absolute Gasteiger partial charge is 0.379 e. The number of nitrogens with zero attached hydrogens (tertiary/aromatic N) is 2. The molecule has 192 valence electrons. The number of rotatable bonds is 8. The van der Waals surface area contributed by atoms with Crippen molar-refractivity contribution in [2.45, 2.75) is 50.5 Å². The predicted molar refractivity (Wildman–Crippen MR) is 147 cm³/mol. The maximum Gasteiger partial charge on any atom is 0.162 e. The van der Waals surface area contributed by atoms with Crippen molar-refractivity contribution in [1.82, 2.24) is 4.90 Å². The molecule has 6 heteroatoms. The summed E-state index contributed by atoms with van der Waals surface area (Å²) in [7, 11) is 0. The van der Waals surface area contributed by atoms with Crippen LogP contribution < -0.4 is 4.90 Å². The third kappa shape index (κ3) is 8.64. The van der Waals surface area contributed by atoms with Crippen molar-refractivity contribution in [3.63, 3.8) is 0 Å². The van der Waals surface area contributed by atoms with Crippen LogP contribution in [0.5, 0.6) is 0 Å². The van der Waals surface area contributed by atoms with Gasteiger partial charge in [0.1, 0.15) is 0 Å². The van der Waals surface area contributed by atoms with Gasteiger partial charge in [0.25, 0.3) is 0 Å². The number of thioether (sulfide) groups is 1. The highest BCUT2D eigenvalue weighted by Gasteiger charge is 2.28. The van der Waals surface area contributed by atoms with Gasteiger partial charge < -0.3 is 14.4 Å². The summed E-state index contributed by atoms with van der Waals surface area (Å²) in [5.74, 6) is 0.237. The molecule has 0 saturated carbocycles. The number of hydrogen-bond acceptors (Lipinski definition) is 6. The number of Topliss-reactive ketones (excluding diaryl/α,β-unsaturated/α-hetero) is 1. The van der Waals surface area contributed by atoms with Gasteiger partial charge in [0.2, 0.25) is 0 Å². The molecule has 2 heterocycles. The highest BCUT2D eigenvalue weighted by atomic mass is 32.2. The Labute approximate surface area is 216 Å². The summed E-state index contributed by atoms with van der Waals surface area (Å²) in [6.07, 6.45) is 4.76. The molecule has 2 aliphatic heterocycles. The Morgan fingerprint density at radius 2 is 1.46 bits per heavy atom. The number of benzene rings is 2. The zero-order valence-electron chi connectivity index (χ0n) is 21.9. The summed E-state index contributed by atoms with van der Waals surface area (Å²) < 4.78 is 10.8. The molecule has 0 atom stereocenters. The first-order chi connectivity index (χ1) is 16.9. The van der Waals surface area contributed by atoms with Crippen LogP contribution in [-0.4, -0.2) is 75.1 Å². The van der Waals surface area contributed by atoms with Gasteiger partial charge in [0, 0.05) is 54.3 Å². The summed E-state index contributed by atoms with van der Waals surface area (Å²) in [6, 6.07) is 16.9. The molecule has 35 heavy (non-hydrogen) atoms. The second-order valence-corrected chi connectivity index (χ2v) is 10.6. The predicted octanol–water partition coefficient (Wildman–Crippen LogP) is 5.57. The molecule has 2 aromatic carbocycles. The number of hydrogen-bond donors (Lipinski definition) is 0. The molecular formula is C29H42N2O3S. The first-order valence-electron chi connectivity index (χ1n) is 12.8. The average Bonchev–Trinajstić information content (AvgIpc) is 2.90. The van der Waals surface area contributed by atoms with Crippen LogP contribution in [0.2, 0.25) is 0 Å². The van der Waals surface area contributed by atoms with Gasteiger partial charge in [-0.05, 0) is 74.9 Å². The number of ether oxygens (including phenoxy) is 2. The van der Waals surface area contributed by atoms with E-state index in [1.54, 1.807) is 11.8 Å². The SMILES string of the molecule is CCCC(=O)c1ccc(N2CCOCC2)cc1.CSc1ccc(CC(C)(C)N2CCOCC2)cc1. The lowest BCUT2D eigenvalue weighted by Crippen LogP contribution is -2.51. The Morgan fingerprint density at radius 1 is 0.886 bits per heavy atom. The van der Waals surface area contributed by atoms with Gasteiger partial charge in [-0.15, -0.1) is 11.8 Å². The lowest BCUT2D eigenvalue weighted by atomic mass is 9.92. The number of anilines is 1. The van der Waals surface area contributed by atoms with E-state index >= 15 is 0 Å². The van der Waals surface area contributed by atoms with E-state index in [-0.39, 0.29) is 11.3 Å². The van der Waals surface area contributed by atoms with Crippen molar-refractivity contribution in [3.05, 3.63) is 59.7 Å². The van der Waals surface area contributed by atoms with Crippen LogP contribution in [0.4, 0.5) is 5.69 Å². The van der Waals surface area contributed by atoms with Crippen molar-refractivity contribution in [2.24, 2.45) is 0 Å². The zero-order chi connectivity index (χ0) is 25.1. The molecule has 0 aromatic heterocycles. The Bertz CT molecular complexity index is 887. The van der Waals surface area contributed by atoms with E-state index in [1.165, 1.54) is 16.1 Å². The van der Waals surface area contributed by atoms with Crippen LogP contribution in [0.25, 0.3) is 0 Å². The molecule has 0 spiro atoms. The third-order valence-corrected chi connectivity index (χ3v) is 7.45. The summed E-state index contributed by atoms with van der Waals surface area (Å²) in [6.45, 7) is 14.0. The van der Waals surface area contributed by atoms with E-state index in [0.717, 1.165) is 71.0 Å². The molecule has 5 nitrogen and oxygen atoms in total. The Hall–Kier alpha value is -1.86. The maximum absolute atomic E-state index is 11.7. The van der Waals surface area contributed by atoms with Gasteiger partial charge in [-0.1, -0.05) is 19.1 Å². The first kappa shape index (κ1) is 27.7. The molecule has 2 fully saturated rings. The van der Waals surface area contributed by atoms with Gasteiger partial charge in [-0.3, -0.25) is 9.69 Å². The maximum atomic E-state index is 11.7. The van der Waals surface area contributed by atoms with Crippen LogP contribution >= 0.6 is 11.8 Å². The van der Waals surface area contributed by atoms with Gasteiger partial charge in [0.15, 0.2) is 5.78 Å². The first-order valence-corrected chi connectivity index (χ1v) is 14.1. The fourth-order valence-corrected chi connectivity index (χ4v) is 4.98. The lowest BCUT2D eigenvalue weighted by molar-refractivity contribution is -0.00984. The van der Waals surface area contributed by atoms with Crippen LogP contribution in [0.1, 0.15) is 49.5 Å². The van der Waals surface area contributed by atoms with E-state index in [0.29, 0.717) is 6.42 Å². The van der Waals surface area contributed by atoms with Crippen molar-refractivity contribution in [3.8, 4) is 0 Å². The smallest absolute Gasteiger partial charge is 0.162 e. The van der Waals surface area contributed by atoms with Gasteiger partial charge >= 0.3 is 0 Å². The van der Waals surface area contributed by atoms with E-state index in [2.05, 4.69) is 54.2 Å². The molecule has 0 aliphatic carbocycles. The topological polar surface area (TPSA) is 42.0 Å². The molecule has 2 aliphatic rings. The second-order valence-electron chi connectivity index (χ2n) is 9.76. The standard InChI is InChI=1S/C15H23NOS.C14H19NO2/c1-15(2,16-8-10-17-11-9-16)12-13-4-6-14(18-3)7-5-13;1-2-3-14(16)12-4-6-13(7-5-12)15-8-10-17-11-9-15/h4-7H,8-12H2,1-3H3;4-7H,2-3,8-11H2,1H3. The summed E-state index contributed by atoms with van der Waals surface area (Å²) in [5.41, 5.74) is 3.64. The quantitative estimate of drug-likeness (QED) is 0.350. The minimum Gasteiger partial charge on any atom is -0.379 e. The fourth-order valence-electron chi connectivity index (χ4n) is 4.57. The molecule has 0 unspecified atom stereocenters. The Balaban J connectivity index is 0.000000196. The van der Waals surface area contributed by atoms with Gasteiger partial charge in [0.05, 0.1) is 26.4 Å². The van der Waals surface area contributed by atoms with E-state index < -0.39 is 0 Å². The van der Waals surface area contributed by atoms with Crippen molar-refractivity contribution in [2.75, 3.05) is 63.8 Å². The van der Waals surface area contributed by atoms with E-state index in [1.807, 2.05) is 31.2 Å². The van der Waals surface area contributed by atoms with Gasteiger partial charge in [-0.2, -0.15) is 0 Å². The number of ketones is 1. The minimum absolute atomic E-state index is 0.213. The summed E-state index contributed by atoms with van der Waals surface area (Å²) in [5, 5.41) is 0. The minimum atomic E-state index is 0.213. The zero-order valence-corrected chi connectivity index (χ0v) is 22.7. The summed E-state index contributed by atoms with van der Waals surface area (Å²) >= 11 is 1.80. The molecule has 4 rings (SSSR count). The molecular weight excluding hydrogens is 456 g/mol. The highest BCUT2D eigenvalue weighted by molar-refractivity contribution is 7.98. The normalized spacial score (nSPS) is 17.0. The number of carbonyl (C=O) groups excluding carboxylic acids is 1. The molecule has 2 saturated heterocycles. The molecule has 0 bridgehead atoms. The van der Waals surface area contributed by atoms with Gasteiger partial charge in [-0.25, -0.2) is 0 Å². The van der Waals surface area contributed by atoms with Crippen LogP contribution in [0.3, 0.4) is 0 Å². The number of carbonyl (C=O) groups is 1. The average molecular weight is 499 g/mol. The highest BCUT2D eigenvalue weighted by Crippen LogP contribution is 2.23. The number of morpholine rings is 2. The van der Waals surface area contributed by atoms with E-state index in [4.69, 9.17) is 9.47 Å². The van der Waals surface area contributed by atoms with E-state index in [9.17, 15) is 4.79 Å². The molecule has 0 radical (unpaired) electrons. The Morgan fingerprint density at radius 3 is 2.00 bits per heavy atom. The van der Waals surface area contributed by atoms with Crippen LogP contribution in [0.15, 0.2) is 53.4 Å². The van der Waals surface area contributed by atoms with Crippen molar-refractivity contribution >= 4 is 23.2 Å². The summed E-state index contributed by atoms with van der Waals surface area (Å²) in [4.78, 5) is 17.9. The van der Waals surface area contributed by atoms with Crippen LogP contribution in [-0.2, 0) is 15.9 Å². The molecule has 0 amide bonds. The monoisotopic (exact) mass is 498 g/mol. The fraction of sp³-hybridized carbons (Fsp3) is 0.552. The lowest BCUT2D eigenvalue weighted by Gasteiger charge is -2.41. The molecule has 2 aromatic rings.